The van der Waals surface area contributed by atoms with Gasteiger partial charge in [0, 0.05) is 48.2 Å². The zero-order chi connectivity index (χ0) is 21.7. The lowest BCUT2D eigenvalue weighted by Gasteiger charge is -2.23. The van der Waals surface area contributed by atoms with Gasteiger partial charge in [0.1, 0.15) is 0 Å². The Balaban J connectivity index is 1.87. The Morgan fingerprint density at radius 1 is 1.13 bits per heavy atom. The molecule has 0 aliphatic carbocycles. The number of hydrogen-bond donors (Lipinski definition) is 2. The molecule has 0 radical (unpaired) electrons. The molecule has 0 bridgehead atoms. The van der Waals surface area contributed by atoms with E-state index in [9.17, 15) is 19.7 Å². The van der Waals surface area contributed by atoms with Crippen molar-refractivity contribution in [2.45, 2.75) is 39.2 Å². The van der Waals surface area contributed by atoms with Crippen LogP contribution in [0.4, 0.5) is 17.1 Å². The van der Waals surface area contributed by atoms with Gasteiger partial charge in [0.25, 0.3) is 17.5 Å². The number of nitrogens with zero attached hydrogens (tertiary/aromatic N) is 2. The third kappa shape index (κ3) is 4.94. The Morgan fingerprint density at radius 3 is 2.53 bits per heavy atom. The number of amides is 2. The van der Waals surface area contributed by atoms with Crippen molar-refractivity contribution in [3.63, 3.8) is 0 Å². The van der Waals surface area contributed by atoms with Crippen molar-refractivity contribution in [2.75, 3.05) is 23.3 Å². The standard InChI is InChI=1S/C22H26N4O4/c1-3-15(2)23-22(28)19-14-17(9-10-20(19)25-11-4-5-12-25)24-21(27)16-7-6-8-18(13-16)26(29)30/h6-10,13-15H,3-5,11-12H2,1-2H3,(H,23,28)(H,24,27)/t15-/m0/s1. The maximum atomic E-state index is 12.9. The molecular formula is C22H26N4O4. The molecule has 3 rings (SSSR count). The number of rotatable bonds is 7. The SMILES string of the molecule is CC[C@H](C)NC(=O)c1cc(NC(=O)c2cccc([N+](=O)[O-])c2)ccc1N1CCCC1. The molecule has 8 nitrogen and oxygen atoms in total. The maximum Gasteiger partial charge on any atom is 0.270 e. The first-order valence-corrected chi connectivity index (χ1v) is 10.1. The number of hydrogen-bond acceptors (Lipinski definition) is 5. The lowest BCUT2D eigenvalue weighted by atomic mass is 10.1. The van der Waals surface area contributed by atoms with Crippen LogP contribution in [0, 0.1) is 10.1 Å². The molecule has 2 aromatic carbocycles. The van der Waals surface area contributed by atoms with Crippen molar-refractivity contribution in [2.24, 2.45) is 0 Å². The van der Waals surface area contributed by atoms with E-state index in [1.165, 1.54) is 24.3 Å². The molecule has 1 aliphatic rings. The largest absolute Gasteiger partial charge is 0.371 e. The Morgan fingerprint density at radius 2 is 1.87 bits per heavy atom. The van der Waals surface area contributed by atoms with Gasteiger partial charge in [0.05, 0.1) is 10.5 Å². The van der Waals surface area contributed by atoms with Crippen LogP contribution in [-0.2, 0) is 0 Å². The summed E-state index contributed by atoms with van der Waals surface area (Å²) in [5.74, 6) is -0.654. The first kappa shape index (κ1) is 21.3. The highest BCUT2D eigenvalue weighted by atomic mass is 16.6. The summed E-state index contributed by atoms with van der Waals surface area (Å²) < 4.78 is 0. The minimum atomic E-state index is -0.543. The molecule has 1 aliphatic heterocycles. The van der Waals surface area contributed by atoms with Crippen LogP contribution >= 0.6 is 0 Å². The van der Waals surface area contributed by atoms with Gasteiger partial charge in [-0.3, -0.25) is 19.7 Å². The molecular weight excluding hydrogens is 384 g/mol. The van der Waals surface area contributed by atoms with Crippen LogP contribution in [0.2, 0.25) is 0 Å². The van der Waals surface area contributed by atoms with Crippen LogP contribution in [0.15, 0.2) is 42.5 Å². The number of anilines is 2. The van der Waals surface area contributed by atoms with Gasteiger partial charge in [0.15, 0.2) is 0 Å². The number of carbonyl (C=O) groups is 2. The van der Waals surface area contributed by atoms with Crippen molar-refractivity contribution >= 4 is 28.9 Å². The minimum Gasteiger partial charge on any atom is -0.371 e. The van der Waals surface area contributed by atoms with Crippen molar-refractivity contribution < 1.29 is 14.5 Å². The summed E-state index contributed by atoms with van der Waals surface area (Å²) in [5, 5.41) is 16.7. The third-order valence-corrected chi connectivity index (χ3v) is 5.25. The van der Waals surface area contributed by atoms with E-state index in [1.54, 1.807) is 12.1 Å². The fraction of sp³-hybridized carbons (Fsp3) is 0.364. The van der Waals surface area contributed by atoms with Crippen molar-refractivity contribution in [1.29, 1.82) is 0 Å². The summed E-state index contributed by atoms with van der Waals surface area (Å²) >= 11 is 0. The molecule has 158 valence electrons. The fourth-order valence-corrected chi connectivity index (χ4v) is 3.40. The van der Waals surface area contributed by atoms with Gasteiger partial charge in [-0.15, -0.1) is 0 Å². The monoisotopic (exact) mass is 410 g/mol. The van der Waals surface area contributed by atoms with Crippen LogP contribution in [0.5, 0.6) is 0 Å². The zero-order valence-electron chi connectivity index (χ0n) is 17.2. The van der Waals surface area contributed by atoms with Gasteiger partial charge in [0.2, 0.25) is 0 Å². The molecule has 30 heavy (non-hydrogen) atoms. The van der Waals surface area contributed by atoms with Gasteiger partial charge < -0.3 is 15.5 Å². The van der Waals surface area contributed by atoms with Crippen molar-refractivity contribution in [1.82, 2.24) is 5.32 Å². The molecule has 2 N–H and O–H groups in total. The number of non-ortho nitro benzene ring substituents is 1. The van der Waals surface area contributed by atoms with Crippen LogP contribution in [0.1, 0.15) is 53.8 Å². The Hall–Kier alpha value is -3.42. The molecule has 1 atom stereocenters. The molecule has 0 aromatic heterocycles. The number of carbonyl (C=O) groups excluding carboxylic acids is 2. The topological polar surface area (TPSA) is 105 Å². The second-order valence-electron chi connectivity index (χ2n) is 7.47. The summed E-state index contributed by atoms with van der Waals surface area (Å²) in [6.07, 6.45) is 2.98. The Labute approximate surface area is 175 Å². The highest BCUT2D eigenvalue weighted by molar-refractivity contribution is 6.06. The molecule has 0 unspecified atom stereocenters. The van der Waals surface area contributed by atoms with Gasteiger partial charge in [-0.25, -0.2) is 0 Å². The van der Waals surface area contributed by atoms with Crippen LogP contribution in [0.3, 0.4) is 0 Å². The van der Waals surface area contributed by atoms with Crippen LogP contribution < -0.4 is 15.5 Å². The average Bonchev–Trinajstić information content (AvgIpc) is 3.28. The Kier molecular flexibility index (Phi) is 6.66. The third-order valence-electron chi connectivity index (χ3n) is 5.25. The molecule has 0 spiro atoms. The zero-order valence-corrected chi connectivity index (χ0v) is 17.2. The number of nitrogens with one attached hydrogen (secondary N) is 2. The first-order chi connectivity index (χ1) is 14.4. The van der Waals surface area contributed by atoms with E-state index in [0.717, 1.165) is 38.0 Å². The molecule has 8 heteroatoms. The number of nitro benzene ring substituents is 1. The van der Waals surface area contributed by atoms with Crippen LogP contribution in [0.25, 0.3) is 0 Å². The lowest BCUT2D eigenvalue weighted by Crippen LogP contribution is -2.33. The van der Waals surface area contributed by atoms with E-state index in [-0.39, 0.29) is 23.2 Å². The maximum absolute atomic E-state index is 12.9. The fourth-order valence-electron chi connectivity index (χ4n) is 3.40. The number of benzene rings is 2. The van der Waals surface area contributed by atoms with Gasteiger partial charge >= 0.3 is 0 Å². The molecule has 2 amide bonds. The lowest BCUT2D eigenvalue weighted by molar-refractivity contribution is -0.384. The second-order valence-corrected chi connectivity index (χ2v) is 7.47. The summed E-state index contributed by atoms with van der Waals surface area (Å²) in [5.41, 5.74) is 1.85. The summed E-state index contributed by atoms with van der Waals surface area (Å²) in [6, 6.07) is 10.8. The quantitative estimate of drug-likeness (QED) is 0.531. The van der Waals surface area contributed by atoms with Crippen LogP contribution in [-0.4, -0.2) is 35.9 Å². The van der Waals surface area contributed by atoms with E-state index in [1.807, 2.05) is 19.9 Å². The second kappa shape index (κ2) is 9.39. The van der Waals surface area contributed by atoms with E-state index in [2.05, 4.69) is 15.5 Å². The van der Waals surface area contributed by atoms with E-state index < -0.39 is 10.8 Å². The molecule has 1 saturated heterocycles. The predicted molar refractivity (Wildman–Crippen MR) is 116 cm³/mol. The molecule has 0 saturated carbocycles. The first-order valence-electron chi connectivity index (χ1n) is 10.1. The predicted octanol–water partition coefficient (Wildman–Crippen LogP) is 3.98. The van der Waals surface area contributed by atoms with E-state index in [4.69, 9.17) is 0 Å². The average molecular weight is 410 g/mol. The van der Waals surface area contributed by atoms with Crippen molar-refractivity contribution in [3.8, 4) is 0 Å². The number of nitro groups is 1. The van der Waals surface area contributed by atoms with Crippen molar-refractivity contribution in [3.05, 3.63) is 63.7 Å². The molecule has 1 heterocycles. The summed E-state index contributed by atoms with van der Waals surface area (Å²) in [4.78, 5) is 38.1. The van der Waals surface area contributed by atoms with Gasteiger partial charge in [-0.05, 0) is 50.5 Å². The highest BCUT2D eigenvalue weighted by Gasteiger charge is 2.21. The van der Waals surface area contributed by atoms with E-state index >= 15 is 0 Å². The van der Waals surface area contributed by atoms with Gasteiger partial charge in [-0.2, -0.15) is 0 Å². The minimum absolute atomic E-state index is 0.0343. The normalized spacial score (nSPS) is 14.3. The highest BCUT2D eigenvalue weighted by Crippen LogP contribution is 2.28. The van der Waals surface area contributed by atoms with Gasteiger partial charge in [-0.1, -0.05) is 13.0 Å². The summed E-state index contributed by atoms with van der Waals surface area (Å²) in [6.45, 7) is 5.73. The molecule has 2 aromatic rings. The van der Waals surface area contributed by atoms with E-state index in [0.29, 0.717) is 11.3 Å². The smallest absolute Gasteiger partial charge is 0.270 e. The molecule has 1 fully saturated rings. The summed E-state index contributed by atoms with van der Waals surface area (Å²) in [7, 11) is 0. The Bertz CT molecular complexity index is 954.